The van der Waals surface area contributed by atoms with E-state index in [1.54, 1.807) is 22.9 Å². The van der Waals surface area contributed by atoms with E-state index in [1.165, 1.54) is 17.0 Å². The monoisotopic (exact) mass is 504 g/mol. The summed E-state index contributed by atoms with van der Waals surface area (Å²) in [5, 5.41) is 4.55. The van der Waals surface area contributed by atoms with Crippen LogP contribution in [0.2, 0.25) is 0 Å². The number of carbonyl (C=O) groups excluding carboxylic acids is 1. The van der Waals surface area contributed by atoms with Gasteiger partial charge in [-0.1, -0.05) is 29.5 Å². The first-order valence-corrected chi connectivity index (χ1v) is 13.0. The zero-order chi connectivity index (χ0) is 24.5. The summed E-state index contributed by atoms with van der Waals surface area (Å²) in [6, 6.07) is 11.7. The minimum absolute atomic E-state index is 0.0396. The molecule has 34 heavy (non-hydrogen) atoms. The second kappa shape index (κ2) is 9.59. The highest BCUT2D eigenvalue weighted by Gasteiger charge is 2.24. The molecule has 0 atom stereocenters. The zero-order valence-electron chi connectivity index (χ0n) is 18.5. The van der Waals surface area contributed by atoms with Gasteiger partial charge in [-0.15, -0.1) is 0 Å². The molecule has 4 rings (SSSR count). The molecular weight excluding hydrogens is 482 g/mol. The Labute approximate surface area is 199 Å². The van der Waals surface area contributed by atoms with Crippen molar-refractivity contribution in [1.29, 1.82) is 0 Å². The number of thiazole rings is 1. The van der Waals surface area contributed by atoms with Gasteiger partial charge in [-0.2, -0.15) is 5.10 Å². The first-order valence-electron chi connectivity index (χ1n) is 10.5. The highest BCUT2D eigenvalue weighted by atomic mass is 32.2. The highest BCUT2D eigenvalue weighted by Crippen LogP contribution is 2.31. The van der Waals surface area contributed by atoms with E-state index in [0.29, 0.717) is 6.54 Å². The molecule has 7 nitrogen and oxygen atoms in total. The fourth-order valence-electron chi connectivity index (χ4n) is 3.59. The van der Waals surface area contributed by atoms with Gasteiger partial charge >= 0.3 is 0 Å². The molecule has 0 saturated heterocycles. The second-order valence-electron chi connectivity index (χ2n) is 7.81. The Kier molecular flexibility index (Phi) is 6.76. The van der Waals surface area contributed by atoms with E-state index in [0.717, 1.165) is 34.9 Å². The van der Waals surface area contributed by atoms with E-state index >= 15 is 0 Å². The van der Waals surface area contributed by atoms with Crippen molar-refractivity contribution >= 4 is 42.4 Å². The lowest BCUT2D eigenvalue weighted by atomic mass is 10.3. The summed E-state index contributed by atoms with van der Waals surface area (Å²) in [6.45, 7) is 4.19. The quantitative estimate of drug-likeness (QED) is 0.358. The number of rotatable bonds is 8. The molecule has 11 heteroatoms. The molecule has 0 spiro atoms. The van der Waals surface area contributed by atoms with Crippen molar-refractivity contribution in [1.82, 2.24) is 14.8 Å². The number of nitrogens with zero attached hydrogens (tertiary/aromatic N) is 4. The fourth-order valence-corrected chi connectivity index (χ4v) is 5.89. The number of anilines is 1. The van der Waals surface area contributed by atoms with Crippen LogP contribution in [0.1, 0.15) is 17.8 Å². The molecular formula is C23H22F2N4O3S2. The molecule has 1 amide bonds. The molecule has 4 aromatic rings. The Bertz CT molecular complexity index is 1450. The summed E-state index contributed by atoms with van der Waals surface area (Å²) in [5.74, 6) is -2.44. The molecule has 0 aliphatic carbocycles. The van der Waals surface area contributed by atoms with Crippen LogP contribution >= 0.6 is 11.3 Å². The van der Waals surface area contributed by atoms with Gasteiger partial charge in [-0.05, 0) is 38.1 Å². The van der Waals surface area contributed by atoms with Gasteiger partial charge in [0.2, 0.25) is 5.91 Å². The predicted octanol–water partition coefficient (Wildman–Crippen LogP) is 4.29. The van der Waals surface area contributed by atoms with Crippen molar-refractivity contribution in [3.63, 3.8) is 0 Å². The number of amides is 1. The van der Waals surface area contributed by atoms with E-state index in [1.807, 2.05) is 19.9 Å². The number of aryl methyl sites for hydroxylation is 2. The van der Waals surface area contributed by atoms with Crippen LogP contribution in [-0.4, -0.2) is 41.4 Å². The average Bonchev–Trinajstić information content (AvgIpc) is 3.35. The minimum Gasteiger partial charge on any atom is -0.286 e. The smallest absolute Gasteiger partial charge is 0.229 e. The van der Waals surface area contributed by atoms with Crippen LogP contribution in [0.3, 0.4) is 0 Å². The maximum absolute atomic E-state index is 14.2. The molecule has 2 aromatic carbocycles. The SMILES string of the molecule is Cc1cc(C)n(CCN(C(=O)CCS(=O)(=O)c2ccccc2)c2nc3c(F)cc(F)cc3s2)n1. The normalized spacial score (nSPS) is 11.8. The van der Waals surface area contributed by atoms with Gasteiger partial charge in [-0.25, -0.2) is 22.2 Å². The molecule has 0 bridgehead atoms. The van der Waals surface area contributed by atoms with Gasteiger partial charge in [-0.3, -0.25) is 14.4 Å². The molecule has 0 N–H and O–H groups in total. The number of halogens is 2. The summed E-state index contributed by atoms with van der Waals surface area (Å²) in [5.41, 5.74) is 1.68. The Morgan fingerprint density at radius 3 is 2.53 bits per heavy atom. The van der Waals surface area contributed by atoms with Crippen molar-refractivity contribution in [2.24, 2.45) is 0 Å². The number of aromatic nitrogens is 3. The third kappa shape index (κ3) is 5.15. The molecule has 0 radical (unpaired) electrons. The van der Waals surface area contributed by atoms with Crippen LogP contribution < -0.4 is 4.90 Å². The van der Waals surface area contributed by atoms with E-state index in [-0.39, 0.29) is 39.0 Å². The lowest BCUT2D eigenvalue weighted by Gasteiger charge is -2.20. The zero-order valence-corrected chi connectivity index (χ0v) is 20.2. The standard InChI is InChI=1S/C23H22F2N4O3S2/c1-15-12-16(2)29(27-15)10-9-28(23-26-22-19(25)13-17(24)14-20(22)33-23)21(30)8-11-34(31,32)18-6-4-3-5-7-18/h3-7,12-14H,8-11H2,1-2H3. The van der Waals surface area contributed by atoms with Gasteiger partial charge in [0.05, 0.1) is 27.6 Å². The summed E-state index contributed by atoms with van der Waals surface area (Å²) in [4.78, 5) is 18.9. The molecule has 0 aliphatic heterocycles. The Hall–Kier alpha value is -3.18. The van der Waals surface area contributed by atoms with Gasteiger partial charge in [0.25, 0.3) is 0 Å². The van der Waals surface area contributed by atoms with Gasteiger partial charge in [0, 0.05) is 24.7 Å². The highest BCUT2D eigenvalue weighted by molar-refractivity contribution is 7.91. The average molecular weight is 505 g/mol. The Balaban J connectivity index is 1.61. The maximum atomic E-state index is 14.2. The number of benzene rings is 2. The van der Waals surface area contributed by atoms with Crippen LogP contribution in [0.25, 0.3) is 10.2 Å². The lowest BCUT2D eigenvalue weighted by molar-refractivity contribution is -0.118. The third-order valence-electron chi connectivity index (χ3n) is 5.26. The van der Waals surface area contributed by atoms with Crippen LogP contribution in [-0.2, 0) is 21.2 Å². The van der Waals surface area contributed by atoms with Crippen molar-refractivity contribution in [3.8, 4) is 0 Å². The number of hydrogen-bond acceptors (Lipinski definition) is 6. The lowest BCUT2D eigenvalue weighted by Crippen LogP contribution is -2.35. The van der Waals surface area contributed by atoms with Crippen molar-refractivity contribution in [2.45, 2.75) is 31.7 Å². The largest absolute Gasteiger partial charge is 0.286 e. The fraction of sp³-hybridized carbons (Fsp3) is 0.261. The van der Waals surface area contributed by atoms with E-state index in [9.17, 15) is 22.0 Å². The van der Waals surface area contributed by atoms with Crippen molar-refractivity contribution in [2.75, 3.05) is 17.2 Å². The van der Waals surface area contributed by atoms with Crippen LogP contribution in [0, 0.1) is 25.5 Å². The predicted molar refractivity (Wildman–Crippen MR) is 127 cm³/mol. The third-order valence-corrected chi connectivity index (χ3v) is 8.02. The number of fused-ring (bicyclic) bond motifs is 1. The second-order valence-corrected chi connectivity index (χ2v) is 10.9. The molecule has 0 fully saturated rings. The van der Waals surface area contributed by atoms with Gasteiger partial charge < -0.3 is 0 Å². The number of carbonyl (C=O) groups is 1. The first-order chi connectivity index (χ1) is 16.1. The van der Waals surface area contributed by atoms with E-state index < -0.39 is 27.4 Å². The van der Waals surface area contributed by atoms with E-state index in [2.05, 4.69) is 10.1 Å². The molecule has 2 heterocycles. The molecule has 0 saturated carbocycles. The van der Waals surface area contributed by atoms with Crippen LogP contribution in [0.5, 0.6) is 0 Å². The van der Waals surface area contributed by atoms with E-state index in [4.69, 9.17) is 0 Å². The minimum atomic E-state index is -3.67. The summed E-state index contributed by atoms with van der Waals surface area (Å²) in [6.07, 6.45) is -0.291. The molecule has 0 unspecified atom stereocenters. The Morgan fingerprint density at radius 2 is 1.85 bits per heavy atom. The number of hydrogen-bond donors (Lipinski definition) is 0. The summed E-state index contributed by atoms with van der Waals surface area (Å²) < 4.78 is 55.2. The van der Waals surface area contributed by atoms with Gasteiger partial charge in [0.1, 0.15) is 11.3 Å². The molecule has 2 aromatic heterocycles. The maximum Gasteiger partial charge on any atom is 0.229 e. The van der Waals surface area contributed by atoms with Crippen LogP contribution in [0.4, 0.5) is 13.9 Å². The van der Waals surface area contributed by atoms with Crippen LogP contribution in [0.15, 0.2) is 53.4 Å². The summed E-state index contributed by atoms with van der Waals surface area (Å²) in [7, 11) is -3.67. The summed E-state index contributed by atoms with van der Waals surface area (Å²) >= 11 is 0.971. The van der Waals surface area contributed by atoms with Crippen molar-refractivity contribution < 1.29 is 22.0 Å². The number of sulfone groups is 1. The molecule has 178 valence electrons. The first kappa shape index (κ1) is 24.0. The Morgan fingerprint density at radius 1 is 1.12 bits per heavy atom. The van der Waals surface area contributed by atoms with Crippen molar-refractivity contribution in [3.05, 3.63) is 71.6 Å². The van der Waals surface area contributed by atoms with Gasteiger partial charge in [0.15, 0.2) is 20.8 Å². The molecule has 0 aliphatic rings. The topological polar surface area (TPSA) is 85.2 Å².